The van der Waals surface area contributed by atoms with E-state index in [9.17, 15) is 10.1 Å². The Kier molecular flexibility index (Phi) is 5.72. The molecule has 1 unspecified atom stereocenters. The summed E-state index contributed by atoms with van der Waals surface area (Å²) in [7, 11) is 0. The van der Waals surface area contributed by atoms with E-state index in [0.29, 0.717) is 29.8 Å². The second-order valence-corrected chi connectivity index (χ2v) is 10.6. The lowest BCUT2D eigenvalue weighted by atomic mass is 9.69. The number of furan rings is 1. The molecule has 1 aliphatic heterocycles. The number of carbonyl (C=O) groups excluding carboxylic acids is 1. The van der Waals surface area contributed by atoms with E-state index in [1.807, 2.05) is 49.1 Å². The van der Waals surface area contributed by atoms with Gasteiger partial charge in [0.05, 0.1) is 17.6 Å². The first-order valence-electron chi connectivity index (χ1n) is 10.9. The SMILES string of the molecule is CCSc1oc(C)cc1C1C(C#N)=C(N)N(c2ccc(C)cc2)C2=C1C(=O)CC(C)(C)C2. The van der Waals surface area contributed by atoms with Crippen LogP contribution in [0.3, 0.4) is 0 Å². The van der Waals surface area contributed by atoms with Crippen molar-refractivity contribution in [1.29, 1.82) is 5.26 Å². The number of benzene rings is 1. The Morgan fingerprint density at radius 2 is 1.94 bits per heavy atom. The number of nitriles is 1. The topological polar surface area (TPSA) is 83.3 Å². The fraction of sp³-hybridized carbons (Fsp3) is 0.385. The van der Waals surface area contributed by atoms with Crippen LogP contribution in [0.2, 0.25) is 0 Å². The number of aryl methyl sites for hydroxylation is 2. The summed E-state index contributed by atoms with van der Waals surface area (Å²) in [4.78, 5) is 15.5. The van der Waals surface area contributed by atoms with E-state index in [1.165, 1.54) is 0 Å². The van der Waals surface area contributed by atoms with Crippen LogP contribution in [-0.2, 0) is 4.79 Å². The number of nitrogens with zero attached hydrogens (tertiary/aromatic N) is 2. The number of nitrogens with two attached hydrogens (primary N) is 1. The minimum Gasteiger partial charge on any atom is -0.455 e. The molecule has 0 spiro atoms. The monoisotopic (exact) mass is 447 g/mol. The molecular weight excluding hydrogens is 418 g/mol. The fourth-order valence-electron chi connectivity index (χ4n) is 4.77. The zero-order valence-electron chi connectivity index (χ0n) is 19.3. The fourth-order valence-corrected chi connectivity index (χ4v) is 5.56. The van der Waals surface area contributed by atoms with E-state index >= 15 is 0 Å². The van der Waals surface area contributed by atoms with Crippen molar-refractivity contribution >= 4 is 23.2 Å². The third-order valence-corrected chi connectivity index (χ3v) is 6.98. The highest BCUT2D eigenvalue weighted by atomic mass is 32.2. The van der Waals surface area contributed by atoms with Crippen molar-refractivity contribution in [2.24, 2.45) is 11.1 Å². The van der Waals surface area contributed by atoms with Crippen molar-refractivity contribution in [3.05, 3.63) is 69.9 Å². The van der Waals surface area contributed by atoms with Gasteiger partial charge in [0.25, 0.3) is 0 Å². The first-order valence-corrected chi connectivity index (χ1v) is 11.9. The molecule has 0 fully saturated rings. The molecule has 32 heavy (non-hydrogen) atoms. The number of hydrogen-bond acceptors (Lipinski definition) is 6. The van der Waals surface area contributed by atoms with E-state index < -0.39 is 5.92 Å². The lowest BCUT2D eigenvalue weighted by Gasteiger charge is -2.43. The first-order chi connectivity index (χ1) is 15.2. The minimum atomic E-state index is -0.508. The maximum absolute atomic E-state index is 13.6. The van der Waals surface area contributed by atoms with Crippen molar-refractivity contribution in [1.82, 2.24) is 0 Å². The third kappa shape index (κ3) is 3.75. The van der Waals surface area contributed by atoms with Crippen LogP contribution in [0.5, 0.6) is 0 Å². The van der Waals surface area contributed by atoms with Gasteiger partial charge in [0, 0.05) is 28.9 Å². The molecule has 2 heterocycles. The summed E-state index contributed by atoms with van der Waals surface area (Å²) in [6, 6.07) is 12.3. The van der Waals surface area contributed by atoms with Crippen LogP contribution in [0.4, 0.5) is 5.69 Å². The quantitative estimate of drug-likeness (QED) is 0.583. The molecule has 5 nitrogen and oxygen atoms in total. The van der Waals surface area contributed by atoms with Gasteiger partial charge >= 0.3 is 0 Å². The lowest BCUT2D eigenvalue weighted by molar-refractivity contribution is -0.118. The Bertz CT molecular complexity index is 1180. The second kappa shape index (κ2) is 8.22. The number of thioether (sulfide) groups is 1. The van der Waals surface area contributed by atoms with Crippen molar-refractivity contribution in [3.8, 4) is 6.07 Å². The van der Waals surface area contributed by atoms with Gasteiger partial charge in [0.15, 0.2) is 10.9 Å². The van der Waals surface area contributed by atoms with Crippen LogP contribution >= 0.6 is 11.8 Å². The smallest absolute Gasteiger partial charge is 0.164 e. The highest BCUT2D eigenvalue weighted by Gasteiger charge is 2.45. The molecular formula is C26H29N3O2S. The Balaban J connectivity index is 2.00. The number of rotatable bonds is 4. The molecule has 0 saturated heterocycles. The van der Waals surface area contributed by atoms with Crippen molar-refractivity contribution < 1.29 is 9.21 Å². The molecule has 2 N–H and O–H groups in total. The van der Waals surface area contributed by atoms with E-state index in [2.05, 4.69) is 26.8 Å². The maximum Gasteiger partial charge on any atom is 0.164 e. The Morgan fingerprint density at radius 1 is 1.25 bits per heavy atom. The molecule has 2 aliphatic rings. The number of allylic oxidation sites excluding steroid dienone is 3. The third-order valence-electron chi connectivity index (χ3n) is 6.11. The number of carbonyl (C=O) groups is 1. The molecule has 0 saturated carbocycles. The highest BCUT2D eigenvalue weighted by Crippen LogP contribution is 2.51. The summed E-state index contributed by atoms with van der Waals surface area (Å²) >= 11 is 1.58. The Hall–Kier alpha value is -2.91. The van der Waals surface area contributed by atoms with Crippen LogP contribution in [0.25, 0.3) is 0 Å². The van der Waals surface area contributed by atoms with Gasteiger partial charge < -0.3 is 10.2 Å². The van der Waals surface area contributed by atoms with Crippen molar-refractivity contribution in [3.63, 3.8) is 0 Å². The summed E-state index contributed by atoms with van der Waals surface area (Å²) in [5.74, 6) is 1.54. The predicted molar refractivity (Wildman–Crippen MR) is 128 cm³/mol. The molecule has 0 bridgehead atoms. The number of ketones is 1. The van der Waals surface area contributed by atoms with Crippen molar-refractivity contribution in [2.45, 2.75) is 58.5 Å². The summed E-state index contributed by atoms with van der Waals surface area (Å²) in [5.41, 5.74) is 11.3. The molecule has 0 radical (unpaired) electrons. The minimum absolute atomic E-state index is 0.0740. The van der Waals surface area contributed by atoms with Gasteiger partial charge in [0.2, 0.25) is 0 Å². The highest BCUT2D eigenvalue weighted by molar-refractivity contribution is 7.99. The van der Waals surface area contributed by atoms with Crippen LogP contribution in [0, 0.1) is 30.6 Å². The zero-order chi connectivity index (χ0) is 23.2. The molecule has 0 amide bonds. The Labute approximate surface area is 194 Å². The van der Waals surface area contributed by atoms with Gasteiger partial charge in [-0.15, -0.1) is 0 Å². The summed E-state index contributed by atoms with van der Waals surface area (Å²) < 4.78 is 5.96. The van der Waals surface area contributed by atoms with Gasteiger partial charge in [-0.25, -0.2) is 0 Å². The number of hydrogen-bond donors (Lipinski definition) is 1. The van der Waals surface area contributed by atoms with E-state index in [0.717, 1.165) is 39.1 Å². The van der Waals surface area contributed by atoms with Crippen LogP contribution < -0.4 is 10.6 Å². The molecule has 1 aromatic heterocycles. The number of anilines is 1. The Morgan fingerprint density at radius 3 is 2.56 bits per heavy atom. The number of Topliss-reactive ketones (excluding diaryl/α,β-unsaturated/α-hetero) is 1. The predicted octanol–water partition coefficient (Wildman–Crippen LogP) is 5.95. The average Bonchev–Trinajstić information content (AvgIpc) is 3.07. The van der Waals surface area contributed by atoms with Gasteiger partial charge in [-0.2, -0.15) is 5.26 Å². The van der Waals surface area contributed by atoms with Crippen LogP contribution in [0.15, 0.2) is 62.5 Å². The van der Waals surface area contributed by atoms with Crippen LogP contribution in [-0.4, -0.2) is 11.5 Å². The van der Waals surface area contributed by atoms with E-state index in [4.69, 9.17) is 10.2 Å². The normalized spacial score (nSPS) is 20.4. The molecule has 1 aromatic carbocycles. The second-order valence-electron chi connectivity index (χ2n) is 9.35. The lowest BCUT2D eigenvalue weighted by Crippen LogP contribution is -2.42. The molecule has 4 rings (SSSR count). The average molecular weight is 448 g/mol. The van der Waals surface area contributed by atoms with Gasteiger partial charge in [-0.3, -0.25) is 9.69 Å². The molecule has 2 aromatic rings. The maximum atomic E-state index is 13.6. The van der Waals surface area contributed by atoms with Crippen LogP contribution in [0.1, 0.15) is 56.4 Å². The van der Waals surface area contributed by atoms with Gasteiger partial charge in [-0.05, 0) is 49.6 Å². The standard InChI is InChI=1S/C26H29N3O2S/c1-6-32-25-18(11-16(3)31-25)22-19(14-27)24(28)29(17-9-7-15(2)8-10-17)20-12-26(4,5)13-21(30)23(20)22/h7-11,22H,6,12-13,28H2,1-5H3. The molecule has 166 valence electrons. The molecule has 1 aliphatic carbocycles. The molecule has 6 heteroatoms. The summed E-state index contributed by atoms with van der Waals surface area (Å²) in [6.07, 6.45) is 1.14. The van der Waals surface area contributed by atoms with Gasteiger partial charge in [-0.1, -0.05) is 50.2 Å². The van der Waals surface area contributed by atoms with E-state index in [-0.39, 0.29) is 11.2 Å². The summed E-state index contributed by atoms with van der Waals surface area (Å²) in [6.45, 7) is 10.2. The molecule has 1 atom stereocenters. The zero-order valence-corrected chi connectivity index (χ0v) is 20.1. The van der Waals surface area contributed by atoms with Gasteiger partial charge in [0.1, 0.15) is 11.6 Å². The largest absolute Gasteiger partial charge is 0.455 e. The first kappa shape index (κ1) is 22.3. The van der Waals surface area contributed by atoms with E-state index in [1.54, 1.807) is 11.8 Å². The summed E-state index contributed by atoms with van der Waals surface area (Å²) in [5, 5.41) is 11.0. The van der Waals surface area contributed by atoms with Crippen molar-refractivity contribution in [2.75, 3.05) is 10.7 Å².